The molecule has 1 heterocycles. The normalized spacial score (nSPS) is 30.7. The van der Waals surface area contributed by atoms with Crippen molar-refractivity contribution in [2.24, 2.45) is 17.8 Å². The van der Waals surface area contributed by atoms with Gasteiger partial charge in [0.1, 0.15) is 0 Å². The van der Waals surface area contributed by atoms with Crippen molar-refractivity contribution in [2.45, 2.75) is 51.5 Å². The zero-order chi connectivity index (χ0) is 13.1. The topological polar surface area (TPSA) is 24.9 Å². The van der Waals surface area contributed by atoms with Gasteiger partial charge in [0.2, 0.25) is 0 Å². The molecule has 0 saturated heterocycles. The van der Waals surface area contributed by atoms with Crippen LogP contribution in [0.4, 0.5) is 0 Å². The van der Waals surface area contributed by atoms with Crippen LogP contribution in [-0.4, -0.2) is 17.6 Å². The van der Waals surface area contributed by atoms with Gasteiger partial charge < -0.3 is 5.32 Å². The second kappa shape index (κ2) is 6.04. The Bertz CT molecular complexity index is 378. The summed E-state index contributed by atoms with van der Waals surface area (Å²) in [5.41, 5.74) is 1.44. The first-order valence-corrected chi connectivity index (χ1v) is 8.02. The molecule has 0 aliphatic heterocycles. The second-order valence-electron chi connectivity index (χ2n) is 6.31. The maximum absolute atomic E-state index is 4.13. The van der Waals surface area contributed by atoms with Crippen LogP contribution in [-0.2, 0) is 6.42 Å². The minimum atomic E-state index is 0.690. The lowest BCUT2D eigenvalue weighted by atomic mass is 10.0. The van der Waals surface area contributed by atoms with Gasteiger partial charge in [0.25, 0.3) is 0 Å². The van der Waals surface area contributed by atoms with Crippen LogP contribution in [0.3, 0.4) is 0 Å². The number of pyridine rings is 1. The van der Waals surface area contributed by atoms with Gasteiger partial charge in [-0.25, -0.2) is 0 Å². The minimum absolute atomic E-state index is 0.690. The van der Waals surface area contributed by atoms with Crippen LogP contribution in [0.2, 0.25) is 0 Å². The monoisotopic (exact) mass is 258 g/mol. The van der Waals surface area contributed by atoms with E-state index in [4.69, 9.17) is 0 Å². The first-order valence-electron chi connectivity index (χ1n) is 8.02. The van der Waals surface area contributed by atoms with E-state index >= 15 is 0 Å². The number of hydrogen-bond donors (Lipinski definition) is 1. The molecule has 2 saturated carbocycles. The average Bonchev–Trinajstić information content (AvgIpc) is 3.19. The molecule has 1 aromatic rings. The predicted molar refractivity (Wildman–Crippen MR) is 79.0 cm³/mol. The molecule has 19 heavy (non-hydrogen) atoms. The molecule has 0 bridgehead atoms. The minimum Gasteiger partial charge on any atom is -0.313 e. The van der Waals surface area contributed by atoms with Gasteiger partial charge in [0.05, 0.1) is 0 Å². The summed E-state index contributed by atoms with van der Waals surface area (Å²) in [6.07, 6.45) is 12.2. The Labute approximate surface area is 117 Å². The van der Waals surface area contributed by atoms with E-state index in [1.54, 1.807) is 0 Å². The van der Waals surface area contributed by atoms with Crippen LogP contribution in [0.25, 0.3) is 0 Å². The number of nitrogens with one attached hydrogen (secondary N) is 1. The number of aromatic nitrogens is 1. The van der Waals surface area contributed by atoms with Gasteiger partial charge in [-0.2, -0.15) is 0 Å². The van der Waals surface area contributed by atoms with E-state index < -0.39 is 0 Å². The molecular weight excluding hydrogens is 232 g/mol. The molecule has 0 spiro atoms. The summed E-state index contributed by atoms with van der Waals surface area (Å²) in [7, 11) is 0. The summed E-state index contributed by atoms with van der Waals surface area (Å²) < 4.78 is 0. The third-order valence-corrected chi connectivity index (χ3v) is 5.05. The Hall–Kier alpha value is -0.890. The highest BCUT2D eigenvalue weighted by atomic mass is 14.9. The third-order valence-electron chi connectivity index (χ3n) is 5.05. The summed E-state index contributed by atoms with van der Waals surface area (Å²) in [6.45, 7) is 3.42. The lowest BCUT2D eigenvalue weighted by molar-refractivity contribution is 0.428. The van der Waals surface area contributed by atoms with Gasteiger partial charge in [0, 0.05) is 18.4 Å². The number of fused-ring (bicyclic) bond motifs is 1. The van der Waals surface area contributed by atoms with Crippen LogP contribution in [0.1, 0.15) is 44.6 Å². The number of rotatable bonds is 6. The van der Waals surface area contributed by atoms with Crippen molar-refractivity contribution in [1.82, 2.24) is 10.3 Å². The summed E-state index contributed by atoms with van der Waals surface area (Å²) in [4.78, 5) is 4.13. The molecule has 3 rings (SSSR count). The molecule has 0 amide bonds. The Balaban J connectivity index is 1.64. The number of hydrogen-bond acceptors (Lipinski definition) is 2. The van der Waals surface area contributed by atoms with Gasteiger partial charge in [-0.15, -0.1) is 0 Å². The smallest absolute Gasteiger partial charge is 0.0270 e. The highest BCUT2D eigenvalue weighted by molar-refractivity contribution is 5.15. The summed E-state index contributed by atoms with van der Waals surface area (Å²) >= 11 is 0. The van der Waals surface area contributed by atoms with Crippen LogP contribution in [0.5, 0.6) is 0 Å². The van der Waals surface area contributed by atoms with Crippen LogP contribution < -0.4 is 5.32 Å². The molecule has 0 aromatic carbocycles. The molecule has 1 N–H and O–H groups in total. The highest BCUT2D eigenvalue weighted by Crippen LogP contribution is 2.57. The Morgan fingerprint density at radius 3 is 2.53 bits per heavy atom. The third kappa shape index (κ3) is 3.00. The van der Waals surface area contributed by atoms with E-state index in [-0.39, 0.29) is 0 Å². The fraction of sp³-hybridized carbons (Fsp3) is 0.706. The largest absolute Gasteiger partial charge is 0.313 e. The first kappa shape index (κ1) is 13.1. The van der Waals surface area contributed by atoms with E-state index in [0.717, 1.165) is 24.3 Å². The Morgan fingerprint density at radius 2 is 1.89 bits per heavy atom. The predicted octanol–water partition coefficient (Wildman–Crippen LogP) is 3.43. The van der Waals surface area contributed by atoms with Crippen molar-refractivity contribution < 1.29 is 0 Å². The van der Waals surface area contributed by atoms with Gasteiger partial charge in [-0.05, 0) is 67.7 Å². The molecule has 2 heteroatoms. The molecular formula is C17H26N2. The fourth-order valence-electron chi connectivity index (χ4n) is 4.09. The van der Waals surface area contributed by atoms with E-state index in [0.29, 0.717) is 6.04 Å². The van der Waals surface area contributed by atoms with Gasteiger partial charge in [-0.3, -0.25) is 4.98 Å². The lowest BCUT2D eigenvalue weighted by Crippen LogP contribution is -2.34. The quantitative estimate of drug-likeness (QED) is 0.845. The molecule has 2 aliphatic rings. The zero-order valence-corrected chi connectivity index (χ0v) is 12.0. The molecule has 3 atom stereocenters. The molecule has 2 fully saturated rings. The highest BCUT2D eigenvalue weighted by Gasteiger charge is 2.53. The van der Waals surface area contributed by atoms with Crippen molar-refractivity contribution >= 4 is 0 Å². The zero-order valence-electron chi connectivity index (χ0n) is 12.0. The first-order chi connectivity index (χ1) is 9.40. The molecule has 104 valence electrons. The van der Waals surface area contributed by atoms with Gasteiger partial charge in [-0.1, -0.05) is 19.8 Å². The second-order valence-corrected chi connectivity index (χ2v) is 6.31. The van der Waals surface area contributed by atoms with Crippen molar-refractivity contribution in [2.75, 3.05) is 6.54 Å². The maximum atomic E-state index is 4.13. The Kier molecular flexibility index (Phi) is 4.17. The van der Waals surface area contributed by atoms with E-state index in [9.17, 15) is 0 Å². The van der Waals surface area contributed by atoms with Crippen LogP contribution in [0.15, 0.2) is 24.5 Å². The van der Waals surface area contributed by atoms with E-state index in [2.05, 4.69) is 29.4 Å². The molecule has 2 nitrogen and oxygen atoms in total. The maximum Gasteiger partial charge on any atom is 0.0270 e. The standard InChI is InChI=1S/C17H26N2/c1-2-9-19-16(12-13-7-10-18-11-8-13)17-14-5-3-4-6-15(14)17/h7-8,10-11,14-17,19H,2-6,9,12H2,1H3. The summed E-state index contributed by atoms with van der Waals surface area (Å²) in [6, 6.07) is 5.04. The number of nitrogens with zero attached hydrogens (tertiary/aromatic N) is 1. The molecule has 1 aromatic heterocycles. The molecule has 0 radical (unpaired) electrons. The fourth-order valence-corrected chi connectivity index (χ4v) is 4.09. The Morgan fingerprint density at radius 1 is 1.21 bits per heavy atom. The lowest BCUT2D eigenvalue weighted by Gasteiger charge is -2.19. The van der Waals surface area contributed by atoms with Crippen molar-refractivity contribution in [3.05, 3.63) is 30.1 Å². The van der Waals surface area contributed by atoms with Crippen molar-refractivity contribution in [1.29, 1.82) is 0 Å². The average molecular weight is 258 g/mol. The van der Waals surface area contributed by atoms with Crippen LogP contribution >= 0.6 is 0 Å². The van der Waals surface area contributed by atoms with Crippen molar-refractivity contribution in [3.8, 4) is 0 Å². The van der Waals surface area contributed by atoms with Crippen LogP contribution in [0, 0.1) is 17.8 Å². The molecule has 2 aliphatic carbocycles. The molecule has 3 unspecified atom stereocenters. The summed E-state index contributed by atoms with van der Waals surface area (Å²) in [5.74, 6) is 3.01. The summed E-state index contributed by atoms with van der Waals surface area (Å²) in [5, 5.41) is 3.82. The van der Waals surface area contributed by atoms with Gasteiger partial charge in [0.15, 0.2) is 0 Å². The van der Waals surface area contributed by atoms with Gasteiger partial charge >= 0.3 is 0 Å². The van der Waals surface area contributed by atoms with E-state index in [1.165, 1.54) is 44.1 Å². The SMILES string of the molecule is CCCNC(Cc1ccncc1)C1C2CCCCC21. The van der Waals surface area contributed by atoms with E-state index in [1.807, 2.05) is 12.4 Å². The van der Waals surface area contributed by atoms with Crippen molar-refractivity contribution in [3.63, 3.8) is 0 Å².